The Bertz CT molecular complexity index is 1470. The Kier molecular flexibility index (Phi) is 6.67. The lowest BCUT2D eigenvalue weighted by Crippen LogP contribution is -2.19. The molecule has 174 valence electrons. The predicted octanol–water partition coefficient (Wildman–Crippen LogP) is 3.56. The van der Waals surface area contributed by atoms with E-state index in [9.17, 15) is 31.3 Å². The molecule has 0 fully saturated rings. The van der Waals surface area contributed by atoms with E-state index in [-0.39, 0.29) is 11.8 Å². The Labute approximate surface area is 187 Å². The maximum atomic E-state index is 14.0. The smallest absolute Gasteiger partial charge is 0.312 e. The van der Waals surface area contributed by atoms with Gasteiger partial charge in [-0.15, -0.1) is 0 Å². The van der Waals surface area contributed by atoms with Crippen LogP contribution in [0.2, 0.25) is 0 Å². The molecule has 0 aliphatic heterocycles. The summed E-state index contributed by atoms with van der Waals surface area (Å²) in [5.74, 6) is -2.94. The van der Waals surface area contributed by atoms with Crippen LogP contribution in [0.1, 0.15) is 5.56 Å². The highest BCUT2D eigenvalue weighted by molar-refractivity contribution is 7.87. The molecule has 0 saturated carbocycles. The van der Waals surface area contributed by atoms with Crippen LogP contribution in [0.3, 0.4) is 0 Å². The Morgan fingerprint density at radius 3 is 2.33 bits per heavy atom. The first-order valence-corrected chi connectivity index (χ1v) is 12.1. The lowest BCUT2D eigenvalue weighted by Gasteiger charge is -2.12. The first kappa shape index (κ1) is 24.1. The first-order chi connectivity index (χ1) is 15.4. The number of nitro benzene ring substituents is 1. The van der Waals surface area contributed by atoms with E-state index in [0.717, 1.165) is 5.56 Å². The number of rotatable bonds is 9. The third-order valence-corrected chi connectivity index (χ3v) is 6.40. The van der Waals surface area contributed by atoms with Gasteiger partial charge in [0.25, 0.3) is 10.1 Å². The summed E-state index contributed by atoms with van der Waals surface area (Å²) in [6.07, 6.45) is 1.60. The summed E-state index contributed by atoms with van der Waals surface area (Å²) in [7, 11) is -9.31. The minimum absolute atomic E-state index is 0.0470. The minimum atomic E-state index is -5.06. The van der Waals surface area contributed by atoms with Crippen molar-refractivity contribution in [2.75, 3.05) is 12.4 Å². The second-order valence-corrected chi connectivity index (χ2v) is 9.66. The van der Waals surface area contributed by atoms with Gasteiger partial charge in [-0.3, -0.25) is 14.7 Å². The molecule has 10 nitrogen and oxygen atoms in total. The van der Waals surface area contributed by atoms with Gasteiger partial charge >= 0.3 is 15.8 Å². The molecule has 0 amide bonds. The third-order valence-electron chi connectivity index (χ3n) is 4.43. The fourth-order valence-electron chi connectivity index (χ4n) is 2.96. The predicted molar refractivity (Wildman–Crippen MR) is 117 cm³/mol. The third kappa shape index (κ3) is 5.45. The second-order valence-electron chi connectivity index (χ2n) is 6.58. The molecule has 0 atom stereocenters. The number of hydrogen-bond acceptors (Lipinski definition) is 8. The van der Waals surface area contributed by atoms with E-state index in [2.05, 4.69) is 6.58 Å². The normalized spacial score (nSPS) is 11.8. The summed E-state index contributed by atoms with van der Waals surface area (Å²) in [6.45, 7) is 3.03. The van der Waals surface area contributed by atoms with Crippen LogP contribution in [0.25, 0.3) is 16.8 Å². The molecule has 0 aromatic heterocycles. The summed E-state index contributed by atoms with van der Waals surface area (Å²) in [4.78, 5) is 8.79. The molecule has 3 aromatic rings. The Hall–Kier alpha value is -3.55. The summed E-state index contributed by atoms with van der Waals surface area (Å²) >= 11 is 0. The van der Waals surface area contributed by atoms with E-state index in [4.69, 9.17) is 13.5 Å². The lowest BCUT2D eigenvalue weighted by atomic mass is 10.0. The zero-order valence-corrected chi connectivity index (χ0v) is 18.3. The highest BCUT2D eigenvalue weighted by Crippen LogP contribution is 2.33. The van der Waals surface area contributed by atoms with Crippen LogP contribution >= 0.6 is 0 Å². The molecule has 3 rings (SSSR count). The molecule has 0 bridgehead atoms. The minimum Gasteiger partial charge on any atom is -0.486 e. The average Bonchev–Trinajstić information content (AvgIpc) is 2.72. The Balaban J connectivity index is 1.80. The van der Waals surface area contributed by atoms with Crippen molar-refractivity contribution in [3.05, 3.63) is 76.6 Å². The van der Waals surface area contributed by atoms with Crippen LogP contribution in [-0.2, 0) is 20.2 Å². The van der Waals surface area contributed by atoms with Gasteiger partial charge in [0, 0.05) is 17.5 Å². The van der Waals surface area contributed by atoms with Gasteiger partial charge in [-0.1, -0.05) is 43.0 Å². The van der Waals surface area contributed by atoms with Gasteiger partial charge in [0.15, 0.2) is 5.75 Å². The second kappa shape index (κ2) is 9.13. The molecule has 0 spiro atoms. The van der Waals surface area contributed by atoms with E-state index in [1.54, 1.807) is 36.4 Å². The Morgan fingerprint density at radius 2 is 1.73 bits per heavy atom. The van der Waals surface area contributed by atoms with Crippen molar-refractivity contribution in [2.24, 2.45) is 0 Å². The number of benzene rings is 3. The number of nitrogens with zero attached hydrogens (tertiary/aromatic N) is 1. The van der Waals surface area contributed by atoms with Crippen LogP contribution in [0, 0.1) is 15.9 Å². The molecular weight excluding hydrogens is 481 g/mol. The SMILES string of the molecule is C=Cc1ccc(OS(=O)(=O)CCOc2cc(F)c(S(=O)(=O)O)cc2[N+](=O)[O-])c2ccccc12. The van der Waals surface area contributed by atoms with Crippen LogP contribution in [0.5, 0.6) is 11.5 Å². The van der Waals surface area contributed by atoms with Crippen LogP contribution < -0.4 is 8.92 Å². The van der Waals surface area contributed by atoms with Crippen LogP contribution in [0.4, 0.5) is 10.1 Å². The molecule has 0 aliphatic carbocycles. The van der Waals surface area contributed by atoms with Gasteiger partial charge in [-0.25, -0.2) is 4.39 Å². The first-order valence-electron chi connectivity index (χ1n) is 9.07. The zero-order chi connectivity index (χ0) is 24.4. The van der Waals surface area contributed by atoms with Gasteiger partial charge in [0.2, 0.25) is 0 Å². The van der Waals surface area contributed by atoms with Gasteiger partial charge in [0.05, 0.1) is 4.92 Å². The summed E-state index contributed by atoms with van der Waals surface area (Å²) in [5.41, 5.74) is -0.213. The highest BCUT2D eigenvalue weighted by atomic mass is 32.2. The standard InChI is InChI=1S/C20H16FNO9S2/c1-2-13-7-8-18(15-6-4-3-5-14(13)15)31-32(25,26)10-9-30-19-11-16(21)20(33(27,28)29)12-17(19)22(23)24/h2-8,11-12H,1,9-10H2,(H,27,28,29). The molecule has 0 heterocycles. The van der Waals surface area contributed by atoms with Crippen molar-refractivity contribution in [1.82, 2.24) is 0 Å². The van der Waals surface area contributed by atoms with Crippen molar-refractivity contribution in [3.63, 3.8) is 0 Å². The van der Waals surface area contributed by atoms with Crippen molar-refractivity contribution in [1.29, 1.82) is 0 Å². The van der Waals surface area contributed by atoms with E-state index < -0.39 is 59.7 Å². The molecule has 3 aromatic carbocycles. The van der Waals surface area contributed by atoms with E-state index in [0.29, 0.717) is 16.8 Å². The molecule has 0 unspecified atom stereocenters. The summed E-state index contributed by atoms with van der Waals surface area (Å²) in [6, 6.07) is 10.6. The molecule has 13 heteroatoms. The maximum absolute atomic E-state index is 14.0. The number of fused-ring (bicyclic) bond motifs is 1. The molecule has 0 radical (unpaired) electrons. The van der Waals surface area contributed by atoms with Gasteiger partial charge in [-0.2, -0.15) is 16.8 Å². The molecular formula is C20H16FNO9S2. The van der Waals surface area contributed by atoms with Crippen LogP contribution in [0.15, 0.2) is 60.0 Å². The van der Waals surface area contributed by atoms with Crippen LogP contribution in [-0.4, -0.2) is 38.7 Å². The molecule has 33 heavy (non-hydrogen) atoms. The fraction of sp³-hybridized carbons (Fsp3) is 0.100. The topological polar surface area (TPSA) is 150 Å². The summed E-state index contributed by atoms with van der Waals surface area (Å²) < 4.78 is 80.2. The number of hydrogen-bond donors (Lipinski definition) is 1. The average molecular weight is 497 g/mol. The Morgan fingerprint density at radius 1 is 1.06 bits per heavy atom. The largest absolute Gasteiger partial charge is 0.486 e. The van der Waals surface area contributed by atoms with Crippen molar-refractivity contribution >= 4 is 42.8 Å². The van der Waals surface area contributed by atoms with E-state index in [1.807, 2.05) is 0 Å². The molecule has 0 saturated heterocycles. The number of nitro groups is 1. The number of ether oxygens (including phenoxy) is 1. The van der Waals surface area contributed by atoms with Gasteiger partial charge in [-0.05, 0) is 17.0 Å². The zero-order valence-electron chi connectivity index (χ0n) is 16.7. The van der Waals surface area contributed by atoms with E-state index in [1.165, 1.54) is 6.07 Å². The monoisotopic (exact) mass is 497 g/mol. The number of halogens is 1. The maximum Gasteiger partial charge on any atom is 0.312 e. The fourth-order valence-corrected chi connectivity index (χ4v) is 4.31. The lowest BCUT2D eigenvalue weighted by molar-refractivity contribution is -0.386. The van der Waals surface area contributed by atoms with Crippen molar-refractivity contribution in [3.8, 4) is 11.5 Å². The summed E-state index contributed by atoms with van der Waals surface area (Å²) in [5, 5.41) is 12.4. The van der Waals surface area contributed by atoms with E-state index >= 15 is 0 Å². The molecule has 1 N–H and O–H groups in total. The van der Waals surface area contributed by atoms with Gasteiger partial charge in [0.1, 0.15) is 28.8 Å². The quantitative estimate of drug-likeness (QED) is 0.202. The van der Waals surface area contributed by atoms with Gasteiger partial charge < -0.3 is 8.92 Å². The van der Waals surface area contributed by atoms with Crippen molar-refractivity contribution < 1.29 is 39.6 Å². The highest BCUT2D eigenvalue weighted by Gasteiger charge is 2.26. The van der Waals surface area contributed by atoms with Crippen molar-refractivity contribution in [2.45, 2.75) is 4.90 Å². The molecule has 0 aliphatic rings.